The van der Waals surface area contributed by atoms with Gasteiger partial charge in [-0.15, -0.1) is 0 Å². The molecule has 0 unspecified atom stereocenters. The summed E-state index contributed by atoms with van der Waals surface area (Å²) in [6, 6.07) is 8.96. The van der Waals surface area contributed by atoms with Gasteiger partial charge < -0.3 is 14.6 Å². The van der Waals surface area contributed by atoms with E-state index < -0.39 is 0 Å². The van der Waals surface area contributed by atoms with E-state index in [1.165, 1.54) is 0 Å². The van der Waals surface area contributed by atoms with Crippen molar-refractivity contribution in [3.63, 3.8) is 0 Å². The Hall–Kier alpha value is -1.82. The molecule has 5 nitrogen and oxygen atoms in total. The van der Waals surface area contributed by atoms with E-state index in [1.807, 2.05) is 38.1 Å². The van der Waals surface area contributed by atoms with Gasteiger partial charge in [0.05, 0.1) is 11.6 Å². The van der Waals surface area contributed by atoms with Gasteiger partial charge in [-0.1, -0.05) is 23.7 Å². The average molecular weight is 376 g/mol. The maximum absolute atomic E-state index is 13.2. The molecule has 2 heterocycles. The minimum atomic E-state index is -0.312. The van der Waals surface area contributed by atoms with E-state index in [0.717, 1.165) is 37.4 Å². The Balaban J connectivity index is 2.17. The number of halogens is 1. The summed E-state index contributed by atoms with van der Waals surface area (Å²) in [6.07, 6.45) is 0. The summed E-state index contributed by atoms with van der Waals surface area (Å²) >= 11 is 6.23. The van der Waals surface area contributed by atoms with Crippen molar-refractivity contribution in [1.29, 1.82) is 0 Å². The molecule has 0 aliphatic carbocycles. The van der Waals surface area contributed by atoms with Crippen LogP contribution in [0.3, 0.4) is 0 Å². The number of hydrogen-bond donors (Lipinski definition) is 1. The van der Waals surface area contributed by atoms with E-state index in [-0.39, 0.29) is 17.4 Å². The maximum atomic E-state index is 13.2. The molecule has 1 N–H and O–H groups in total. The van der Waals surface area contributed by atoms with Gasteiger partial charge in [-0.3, -0.25) is 9.69 Å². The number of aromatic nitrogens is 1. The Morgan fingerprint density at radius 1 is 1.19 bits per heavy atom. The summed E-state index contributed by atoms with van der Waals surface area (Å²) in [6.45, 7) is 7.86. The lowest BCUT2D eigenvalue weighted by molar-refractivity contribution is 0.125. The van der Waals surface area contributed by atoms with Gasteiger partial charge in [-0.25, -0.2) is 0 Å². The van der Waals surface area contributed by atoms with Gasteiger partial charge >= 0.3 is 0 Å². The van der Waals surface area contributed by atoms with E-state index in [0.29, 0.717) is 17.1 Å². The second kappa shape index (κ2) is 7.82. The Morgan fingerprint density at radius 3 is 2.50 bits per heavy atom. The first-order chi connectivity index (χ1) is 12.4. The quantitative estimate of drug-likeness (QED) is 0.892. The number of hydrogen-bond acceptors (Lipinski definition) is 4. The Labute approximate surface area is 159 Å². The number of nitrogens with zero attached hydrogens (tertiary/aromatic N) is 3. The summed E-state index contributed by atoms with van der Waals surface area (Å²) in [5.74, 6) is 0.0566. The van der Waals surface area contributed by atoms with Crippen LogP contribution in [0, 0.1) is 6.92 Å². The number of rotatable bonds is 4. The van der Waals surface area contributed by atoms with Crippen LogP contribution in [-0.4, -0.2) is 52.7 Å². The zero-order valence-electron chi connectivity index (χ0n) is 15.6. The van der Waals surface area contributed by atoms with Crippen LogP contribution in [0.25, 0.3) is 0 Å². The predicted molar refractivity (Wildman–Crippen MR) is 105 cm³/mol. The molecular formula is C20H26ClN3O2. The van der Waals surface area contributed by atoms with Crippen molar-refractivity contribution >= 4 is 11.6 Å². The molecule has 0 radical (unpaired) electrons. The second-order valence-corrected chi connectivity index (χ2v) is 7.37. The highest BCUT2D eigenvalue weighted by Crippen LogP contribution is 2.34. The molecule has 2 aromatic rings. The fourth-order valence-electron chi connectivity index (χ4n) is 3.74. The minimum Gasteiger partial charge on any atom is -0.507 e. The molecule has 1 aliphatic heterocycles. The molecule has 1 aromatic carbocycles. The van der Waals surface area contributed by atoms with E-state index in [9.17, 15) is 9.90 Å². The number of piperazine rings is 1. The average Bonchev–Trinajstić information content (AvgIpc) is 2.60. The first-order valence-electron chi connectivity index (χ1n) is 9.03. The van der Waals surface area contributed by atoms with Gasteiger partial charge in [0.15, 0.2) is 0 Å². The molecule has 0 bridgehead atoms. The highest BCUT2D eigenvalue weighted by atomic mass is 35.5. The van der Waals surface area contributed by atoms with Crippen LogP contribution in [0.1, 0.15) is 29.8 Å². The summed E-state index contributed by atoms with van der Waals surface area (Å²) in [7, 11) is 2.10. The smallest absolute Gasteiger partial charge is 0.259 e. The van der Waals surface area contributed by atoms with Crippen LogP contribution >= 0.6 is 11.6 Å². The maximum Gasteiger partial charge on any atom is 0.259 e. The molecule has 26 heavy (non-hydrogen) atoms. The predicted octanol–water partition coefficient (Wildman–Crippen LogP) is 2.87. The molecule has 3 rings (SSSR count). The zero-order chi connectivity index (χ0) is 18.8. The van der Waals surface area contributed by atoms with Crippen molar-refractivity contribution in [2.75, 3.05) is 33.2 Å². The van der Waals surface area contributed by atoms with Gasteiger partial charge in [0.1, 0.15) is 5.75 Å². The minimum absolute atomic E-state index is 0.0566. The summed E-state index contributed by atoms with van der Waals surface area (Å²) in [4.78, 5) is 17.7. The Kier molecular flexibility index (Phi) is 5.70. The molecule has 1 aromatic heterocycles. The lowest BCUT2D eigenvalue weighted by Gasteiger charge is -2.38. The van der Waals surface area contributed by atoms with Gasteiger partial charge in [0.25, 0.3) is 5.56 Å². The molecule has 0 spiro atoms. The van der Waals surface area contributed by atoms with Crippen molar-refractivity contribution in [2.45, 2.75) is 26.4 Å². The van der Waals surface area contributed by atoms with Crippen LogP contribution in [0.4, 0.5) is 0 Å². The second-order valence-electron chi connectivity index (χ2n) is 6.93. The molecule has 1 atom stereocenters. The van der Waals surface area contributed by atoms with Crippen molar-refractivity contribution in [3.8, 4) is 5.75 Å². The molecule has 0 amide bonds. The van der Waals surface area contributed by atoms with Crippen molar-refractivity contribution < 1.29 is 5.11 Å². The third kappa shape index (κ3) is 3.65. The topological polar surface area (TPSA) is 48.7 Å². The Bertz CT molecular complexity index is 841. The highest BCUT2D eigenvalue weighted by Gasteiger charge is 2.30. The molecule has 1 fully saturated rings. The zero-order valence-corrected chi connectivity index (χ0v) is 16.3. The largest absolute Gasteiger partial charge is 0.507 e. The van der Waals surface area contributed by atoms with Crippen LogP contribution < -0.4 is 5.56 Å². The lowest BCUT2D eigenvalue weighted by atomic mass is 9.96. The third-order valence-corrected chi connectivity index (χ3v) is 5.42. The fourth-order valence-corrected chi connectivity index (χ4v) is 3.93. The van der Waals surface area contributed by atoms with Crippen LogP contribution in [-0.2, 0) is 6.54 Å². The highest BCUT2D eigenvalue weighted by molar-refractivity contribution is 6.30. The molecule has 0 saturated carbocycles. The van der Waals surface area contributed by atoms with Crippen molar-refractivity contribution in [1.82, 2.24) is 14.4 Å². The van der Waals surface area contributed by atoms with Crippen LogP contribution in [0.5, 0.6) is 5.75 Å². The molecular weight excluding hydrogens is 350 g/mol. The number of aryl methyl sites for hydroxylation is 1. The van der Waals surface area contributed by atoms with Crippen molar-refractivity contribution in [3.05, 3.63) is 62.5 Å². The van der Waals surface area contributed by atoms with Crippen LogP contribution in [0.15, 0.2) is 35.1 Å². The number of benzene rings is 1. The standard InChI is InChI=1S/C20H26ClN3O2/c1-4-24-14(2)12-17(25)18(20(24)26)19(15-6-5-7-16(21)13-15)23-10-8-22(3)9-11-23/h5-7,12-13,19,25H,4,8-11H2,1-3H3/t19-/m1/s1. The third-order valence-electron chi connectivity index (χ3n) is 5.18. The first kappa shape index (κ1) is 19.0. The number of pyridine rings is 1. The Morgan fingerprint density at radius 2 is 1.88 bits per heavy atom. The van der Waals surface area contributed by atoms with Gasteiger partial charge in [-0.2, -0.15) is 0 Å². The van der Waals surface area contributed by atoms with E-state index >= 15 is 0 Å². The van der Waals surface area contributed by atoms with E-state index in [4.69, 9.17) is 11.6 Å². The summed E-state index contributed by atoms with van der Waals surface area (Å²) in [5, 5.41) is 11.3. The van der Waals surface area contributed by atoms with Gasteiger partial charge in [0, 0.05) is 43.4 Å². The monoisotopic (exact) mass is 375 g/mol. The SMILES string of the molecule is CCn1c(C)cc(O)c([C@@H](c2cccc(Cl)c2)N2CCN(C)CC2)c1=O. The van der Waals surface area contributed by atoms with Gasteiger partial charge in [0.2, 0.25) is 0 Å². The summed E-state index contributed by atoms with van der Waals surface area (Å²) < 4.78 is 1.71. The summed E-state index contributed by atoms with van der Waals surface area (Å²) in [5.41, 5.74) is 2.00. The molecule has 1 saturated heterocycles. The fraction of sp³-hybridized carbons (Fsp3) is 0.450. The normalized spacial score (nSPS) is 17.4. The lowest BCUT2D eigenvalue weighted by Crippen LogP contribution is -2.47. The molecule has 1 aliphatic rings. The first-order valence-corrected chi connectivity index (χ1v) is 9.41. The molecule has 140 valence electrons. The van der Waals surface area contributed by atoms with Crippen LogP contribution in [0.2, 0.25) is 5.02 Å². The van der Waals surface area contributed by atoms with Crippen molar-refractivity contribution in [2.24, 2.45) is 0 Å². The molecule has 6 heteroatoms. The van der Waals surface area contributed by atoms with E-state index in [1.54, 1.807) is 10.6 Å². The number of likely N-dealkylation sites (N-methyl/N-ethyl adjacent to an activating group) is 1. The van der Waals surface area contributed by atoms with Gasteiger partial charge in [-0.05, 0) is 44.7 Å². The van der Waals surface area contributed by atoms with E-state index in [2.05, 4.69) is 16.8 Å². The number of aromatic hydroxyl groups is 1.